The van der Waals surface area contributed by atoms with Crippen LogP contribution in [0.25, 0.3) is 0 Å². The van der Waals surface area contributed by atoms with Gasteiger partial charge in [0.25, 0.3) is 0 Å². The quantitative estimate of drug-likeness (QED) is 0.184. The lowest BCUT2D eigenvalue weighted by molar-refractivity contribution is -0.0714. The fraction of sp³-hybridized carbons (Fsp3) is 0.778. The zero-order valence-electron chi connectivity index (χ0n) is 21.3. The molecular formula is C27H47ClO3. The molecule has 0 spiro atoms. The van der Waals surface area contributed by atoms with Crippen LogP contribution in [0.1, 0.15) is 93.4 Å². The van der Waals surface area contributed by atoms with Crippen molar-refractivity contribution in [1.82, 2.24) is 0 Å². The van der Waals surface area contributed by atoms with Crippen LogP contribution in [-0.2, 0) is 4.74 Å². The van der Waals surface area contributed by atoms with E-state index in [4.69, 9.17) is 25.8 Å². The molecule has 1 atom stereocenters. The van der Waals surface area contributed by atoms with Gasteiger partial charge in [-0.1, -0.05) is 98.2 Å². The van der Waals surface area contributed by atoms with Gasteiger partial charge in [-0.3, -0.25) is 0 Å². The molecule has 1 rings (SSSR count). The monoisotopic (exact) mass is 454 g/mol. The molecule has 3 nitrogen and oxygen atoms in total. The van der Waals surface area contributed by atoms with E-state index in [1.165, 1.54) is 38.5 Å². The van der Waals surface area contributed by atoms with Crippen LogP contribution in [0, 0.1) is 23.2 Å². The maximum Gasteiger partial charge on any atom is 0.188 e. The molecule has 0 saturated heterocycles. The summed E-state index contributed by atoms with van der Waals surface area (Å²) in [6.45, 7) is 16.5. The van der Waals surface area contributed by atoms with Gasteiger partial charge in [-0.2, -0.15) is 0 Å². The zero-order valence-corrected chi connectivity index (χ0v) is 22.1. The summed E-state index contributed by atoms with van der Waals surface area (Å²) >= 11 is 6.69. The Hall–Kier alpha value is -0.930. The fourth-order valence-corrected chi connectivity index (χ4v) is 5.83. The Kier molecular flexibility index (Phi) is 12.9. The van der Waals surface area contributed by atoms with E-state index in [1.807, 2.05) is 18.2 Å². The first-order valence-electron chi connectivity index (χ1n) is 12.3. The highest BCUT2D eigenvalue weighted by Gasteiger charge is 2.48. The zero-order chi connectivity index (χ0) is 23.4. The Morgan fingerprint density at radius 1 is 0.839 bits per heavy atom. The lowest BCUT2D eigenvalue weighted by atomic mass is 9.58. The van der Waals surface area contributed by atoms with Crippen LogP contribution < -0.4 is 9.47 Å². The average Bonchev–Trinajstić information content (AvgIpc) is 2.70. The van der Waals surface area contributed by atoms with Gasteiger partial charge in [-0.05, 0) is 42.7 Å². The van der Waals surface area contributed by atoms with E-state index in [0.717, 1.165) is 6.42 Å². The minimum Gasteiger partial charge on any atom is -0.488 e. The van der Waals surface area contributed by atoms with Crippen molar-refractivity contribution in [2.24, 2.45) is 23.2 Å². The molecule has 31 heavy (non-hydrogen) atoms. The van der Waals surface area contributed by atoms with Crippen molar-refractivity contribution < 1.29 is 14.2 Å². The SMILES string of the molecule is CCCCCCCCC(Oc1cccc(OCOC)c1Cl)C(C(C)C)(C(C)C)C(C)C. The van der Waals surface area contributed by atoms with Crippen LogP contribution in [0.2, 0.25) is 5.02 Å². The molecule has 4 heteroatoms. The molecule has 0 bridgehead atoms. The highest BCUT2D eigenvalue weighted by molar-refractivity contribution is 6.33. The molecule has 0 aliphatic carbocycles. The molecule has 0 aliphatic rings. The summed E-state index contributed by atoms with van der Waals surface area (Å²) in [4.78, 5) is 0. The first kappa shape index (κ1) is 28.1. The van der Waals surface area contributed by atoms with Crippen molar-refractivity contribution in [2.75, 3.05) is 13.9 Å². The molecule has 1 unspecified atom stereocenters. The molecule has 0 amide bonds. The summed E-state index contributed by atoms with van der Waals surface area (Å²) in [7, 11) is 1.60. The number of ether oxygens (including phenoxy) is 3. The number of halogens is 1. The topological polar surface area (TPSA) is 27.7 Å². The number of hydrogen-bond acceptors (Lipinski definition) is 3. The molecule has 0 aliphatic heterocycles. The average molecular weight is 455 g/mol. The smallest absolute Gasteiger partial charge is 0.188 e. The van der Waals surface area contributed by atoms with Crippen molar-refractivity contribution >= 4 is 11.6 Å². The number of methoxy groups -OCH3 is 1. The third kappa shape index (κ3) is 7.56. The molecule has 1 aromatic carbocycles. The van der Waals surface area contributed by atoms with E-state index in [1.54, 1.807) is 7.11 Å². The van der Waals surface area contributed by atoms with E-state index < -0.39 is 0 Å². The van der Waals surface area contributed by atoms with Gasteiger partial charge >= 0.3 is 0 Å². The Morgan fingerprint density at radius 3 is 1.94 bits per heavy atom. The molecule has 0 fully saturated rings. The van der Waals surface area contributed by atoms with Crippen LogP contribution in [0.5, 0.6) is 11.5 Å². The summed E-state index contributed by atoms with van der Waals surface area (Å²) < 4.78 is 17.5. The highest BCUT2D eigenvalue weighted by Crippen LogP contribution is 2.49. The van der Waals surface area contributed by atoms with Gasteiger partial charge in [0, 0.05) is 12.5 Å². The molecule has 0 aromatic heterocycles. The van der Waals surface area contributed by atoms with Crippen molar-refractivity contribution in [3.8, 4) is 11.5 Å². The van der Waals surface area contributed by atoms with Gasteiger partial charge < -0.3 is 14.2 Å². The maximum atomic E-state index is 6.79. The number of unbranched alkanes of at least 4 members (excludes halogenated alkanes) is 5. The fourth-order valence-electron chi connectivity index (χ4n) is 5.61. The largest absolute Gasteiger partial charge is 0.488 e. The van der Waals surface area contributed by atoms with Crippen LogP contribution in [0.15, 0.2) is 18.2 Å². The van der Waals surface area contributed by atoms with E-state index in [2.05, 4.69) is 48.5 Å². The first-order valence-corrected chi connectivity index (χ1v) is 12.7. The Morgan fingerprint density at radius 2 is 1.39 bits per heavy atom. The Balaban J connectivity index is 3.18. The second kappa shape index (κ2) is 14.3. The van der Waals surface area contributed by atoms with Crippen molar-refractivity contribution in [1.29, 1.82) is 0 Å². The normalized spacial score (nSPS) is 13.3. The molecule has 180 valence electrons. The van der Waals surface area contributed by atoms with Gasteiger partial charge in [0.05, 0.1) is 0 Å². The molecule has 0 N–H and O–H groups in total. The predicted molar refractivity (Wildman–Crippen MR) is 133 cm³/mol. The van der Waals surface area contributed by atoms with Gasteiger partial charge in [0.15, 0.2) is 6.79 Å². The summed E-state index contributed by atoms with van der Waals surface area (Å²) in [5.41, 5.74) is 0.0517. The van der Waals surface area contributed by atoms with Gasteiger partial charge in [-0.25, -0.2) is 0 Å². The number of benzene rings is 1. The third-order valence-electron chi connectivity index (χ3n) is 6.91. The van der Waals surface area contributed by atoms with Crippen LogP contribution >= 0.6 is 11.6 Å². The van der Waals surface area contributed by atoms with Crippen molar-refractivity contribution in [3.05, 3.63) is 23.2 Å². The summed E-state index contributed by atoms with van der Waals surface area (Å²) in [5, 5.41) is 0.526. The van der Waals surface area contributed by atoms with E-state index in [0.29, 0.717) is 34.3 Å². The minimum absolute atomic E-state index is 0.0517. The van der Waals surface area contributed by atoms with Crippen LogP contribution in [0.3, 0.4) is 0 Å². The minimum atomic E-state index is 0.0517. The Labute approximate surface area is 197 Å². The first-order chi connectivity index (χ1) is 14.7. The number of hydrogen-bond donors (Lipinski definition) is 0. The van der Waals surface area contributed by atoms with Crippen LogP contribution in [-0.4, -0.2) is 20.0 Å². The second-order valence-corrected chi connectivity index (χ2v) is 10.1. The molecule has 0 radical (unpaired) electrons. The van der Waals surface area contributed by atoms with Crippen molar-refractivity contribution in [2.45, 2.75) is 99.5 Å². The Bertz CT molecular complexity index is 591. The van der Waals surface area contributed by atoms with E-state index >= 15 is 0 Å². The molecule has 1 aromatic rings. The van der Waals surface area contributed by atoms with E-state index in [9.17, 15) is 0 Å². The molecule has 0 saturated carbocycles. The van der Waals surface area contributed by atoms with E-state index in [-0.39, 0.29) is 18.3 Å². The van der Waals surface area contributed by atoms with Crippen LogP contribution in [0.4, 0.5) is 0 Å². The standard InChI is InChI=1S/C27H47ClO3/c1-9-10-11-12-13-14-18-25(27(20(2)3,21(4)5)22(6)7)31-24-17-15-16-23(26(24)28)30-19-29-8/h15-17,20-22,25H,9-14,18-19H2,1-8H3. The lowest BCUT2D eigenvalue weighted by Crippen LogP contribution is -2.51. The van der Waals surface area contributed by atoms with Crippen molar-refractivity contribution in [3.63, 3.8) is 0 Å². The summed E-state index contributed by atoms with van der Waals surface area (Å²) in [6.07, 6.45) is 8.82. The highest BCUT2D eigenvalue weighted by atomic mass is 35.5. The predicted octanol–water partition coefficient (Wildman–Crippen LogP) is 8.78. The second-order valence-electron chi connectivity index (χ2n) is 9.75. The van der Waals surface area contributed by atoms with Gasteiger partial charge in [0.2, 0.25) is 0 Å². The third-order valence-corrected chi connectivity index (χ3v) is 7.28. The maximum absolute atomic E-state index is 6.79. The molecular weight excluding hydrogens is 408 g/mol. The summed E-state index contributed by atoms with van der Waals surface area (Å²) in [5.74, 6) is 2.78. The van der Waals surface area contributed by atoms with Gasteiger partial charge in [-0.15, -0.1) is 0 Å². The summed E-state index contributed by atoms with van der Waals surface area (Å²) in [6, 6.07) is 5.76. The number of rotatable bonds is 16. The molecule has 0 heterocycles. The van der Waals surface area contributed by atoms with Gasteiger partial charge in [0.1, 0.15) is 22.6 Å². The lowest BCUT2D eigenvalue weighted by Gasteiger charge is -2.50.